The summed E-state index contributed by atoms with van der Waals surface area (Å²) in [7, 11) is 0. The van der Waals surface area contributed by atoms with Crippen LogP contribution >= 0.6 is 11.3 Å². The first-order valence-electron chi connectivity index (χ1n) is 6.97. The van der Waals surface area contributed by atoms with Gasteiger partial charge in [0.2, 0.25) is 0 Å². The van der Waals surface area contributed by atoms with Crippen molar-refractivity contribution in [3.63, 3.8) is 0 Å². The minimum Gasteiger partial charge on any atom is -0.311 e. The molecule has 1 fully saturated rings. The highest BCUT2D eigenvalue weighted by atomic mass is 32.1. The van der Waals surface area contributed by atoms with E-state index in [1.165, 1.54) is 37.8 Å². The lowest BCUT2D eigenvalue weighted by Gasteiger charge is -2.32. The van der Waals surface area contributed by atoms with Crippen molar-refractivity contribution < 1.29 is 0 Å². The topological polar surface area (TPSA) is 29.3 Å². The maximum atomic E-state index is 4.73. The van der Waals surface area contributed by atoms with Crippen LogP contribution in [0.15, 0.2) is 17.8 Å². The molecule has 1 atom stereocenters. The van der Waals surface area contributed by atoms with Gasteiger partial charge in [0.1, 0.15) is 0 Å². The van der Waals surface area contributed by atoms with Gasteiger partial charge in [-0.3, -0.25) is 4.40 Å². The molecule has 1 unspecified atom stereocenters. The summed E-state index contributed by atoms with van der Waals surface area (Å²) in [6.07, 6.45) is 11.9. The van der Waals surface area contributed by atoms with Crippen molar-refractivity contribution in [2.45, 2.75) is 51.0 Å². The number of hydrogen-bond acceptors (Lipinski definition) is 3. The van der Waals surface area contributed by atoms with E-state index in [4.69, 9.17) is 4.98 Å². The summed E-state index contributed by atoms with van der Waals surface area (Å²) in [6.45, 7) is 3.47. The minimum atomic E-state index is 0.278. The third-order valence-corrected chi connectivity index (χ3v) is 4.94. The molecule has 2 aromatic rings. The van der Waals surface area contributed by atoms with E-state index in [1.54, 1.807) is 11.3 Å². The van der Waals surface area contributed by atoms with Crippen LogP contribution in [0.1, 0.15) is 44.7 Å². The Morgan fingerprint density at radius 3 is 3.22 bits per heavy atom. The molecule has 2 aromatic heterocycles. The van der Waals surface area contributed by atoms with Crippen LogP contribution in [0.4, 0.5) is 0 Å². The molecule has 0 aromatic carbocycles. The molecule has 3 rings (SSSR count). The third kappa shape index (κ3) is 2.31. The monoisotopic (exact) mass is 263 g/mol. The summed E-state index contributed by atoms with van der Waals surface area (Å²) in [4.78, 5) is 5.85. The first-order chi connectivity index (χ1) is 8.81. The molecule has 0 bridgehead atoms. The number of aromatic nitrogens is 2. The largest absolute Gasteiger partial charge is 0.311 e. The standard InChI is InChI=1S/C14H21N3S/c1-2-14(6-4-3-5-7-15-14)10-12-11-17-8-9-18-13(17)16-12/h8-9,11,15H,2-7,10H2,1H3. The molecule has 1 aliphatic heterocycles. The summed E-state index contributed by atoms with van der Waals surface area (Å²) in [5.41, 5.74) is 1.51. The van der Waals surface area contributed by atoms with Crippen LogP contribution in [0, 0.1) is 0 Å². The summed E-state index contributed by atoms with van der Waals surface area (Å²) in [6, 6.07) is 0. The second kappa shape index (κ2) is 5.02. The maximum Gasteiger partial charge on any atom is 0.193 e. The van der Waals surface area contributed by atoms with Crippen LogP contribution in [-0.4, -0.2) is 21.5 Å². The number of thiazole rings is 1. The highest BCUT2D eigenvalue weighted by Crippen LogP contribution is 2.27. The van der Waals surface area contributed by atoms with Crippen molar-refractivity contribution in [1.29, 1.82) is 0 Å². The minimum absolute atomic E-state index is 0.278. The van der Waals surface area contributed by atoms with Gasteiger partial charge < -0.3 is 5.32 Å². The van der Waals surface area contributed by atoms with Gasteiger partial charge >= 0.3 is 0 Å². The fourth-order valence-corrected chi connectivity index (χ4v) is 3.71. The number of nitrogens with one attached hydrogen (secondary N) is 1. The van der Waals surface area contributed by atoms with E-state index in [9.17, 15) is 0 Å². The van der Waals surface area contributed by atoms with E-state index in [0.717, 1.165) is 17.9 Å². The molecule has 18 heavy (non-hydrogen) atoms. The van der Waals surface area contributed by atoms with Crippen molar-refractivity contribution in [3.05, 3.63) is 23.5 Å². The second-order valence-electron chi connectivity index (χ2n) is 5.37. The molecule has 0 radical (unpaired) electrons. The van der Waals surface area contributed by atoms with Crippen LogP contribution < -0.4 is 5.32 Å². The van der Waals surface area contributed by atoms with Crippen molar-refractivity contribution >= 4 is 16.3 Å². The lowest BCUT2D eigenvalue weighted by Crippen LogP contribution is -2.46. The van der Waals surface area contributed by atoms with Gasteiger partial charge in [0.05, 0.1) is 5.69 Å². The molecule has 0 aliphatic carbocycles. The molecule has 0 spiro atoms. The van der Waals surface area contributed by atoms with Gasteiger partial charge in [0.25, 0.3) is 0 Å². The maximum absolute atomic E-state index is 4.73. The van der Waals surface area contributed by atoms with Crippen molar-refractivity contribution in [3.8, 4) is 0 Å². The smallest absolute Gasteiger partial charge is 0.193 e. The van der Waals surface area contributed by atoms with Crippen LogP contribution in [0.5, 0.6) is 0 Å². The van der Waals surface area contributed by atoms with E-state index >= 15 is 0 Å². The summed E-state index contributed by atoms with van der Waals surface area (Å²) in [5, 5.41) is 5.87. The SMILES string of the molecule is CCC1(Cc2cn3ccsc3n2)CCCCCN1. The number of rotatable bonds is 3. The second-order valence-corrected chi connectivity index (χ2v) is 6.25. The Hall–Kier alpha value is -0.870. The summed E-state index contributed by atoms with van der Waals surface area (Å²) in [5.74, 6) is 0. The molecular weight excluding hydrogens is 242 g/mol. The fourth-order valence-electron chi connectivity index (χ4n) is 2.99. The summed E-state index contributed by atoms with van der Waals surface area (Å²) < 4.78 is 2.14. The van der Waals surface area contributed by atoms with E-state index in [1.807, 2.05) is 0 Å². The molecule has 1 saturated heterocycles. The fraction of sp³-hybridized carbons (Fsp3) is 0.643. The zero-order chi connectivity index (χ0) is 12.4. The van der Waals surface area contributed by atoms with Gasteiger partial charge in [0.15, 0.2) is 4.96 Å². The van der Waals surface area contributed by atoms with Gasteiger partial charge in [-0.1, -0.05) is 19.8 Å². The Balaban J connectivity index is 1.81. The lowest BCUT2D eigenvalue weighted by molar-refractivity contribution is 0.300. The average molecular weight is 263 g/mol. The normalized spacial score (nSPS) is 25.4. The Bertz CT molecular complexity index is 477. The Morgan fingerprint density at radius 1 is 1.44 bits per heavy atom. The molecule has 1 aliphatic rings. The molecule has 3 heterocycles. The summed E-state index contributed by atoms with van der Waals surface area (Å²) >= 11 is 1.71. The van der Waals surface area contributed by atoms with E-state index in [-0.39, 0.29) is 5.54 Å². The number of nitrogens with zero attached hydrogens (tertiary/aromatic N) is 2. The Kier molecular flexibility index (Phi) is 3.39. The Morgan fingerprint density at radius 2 is 2.39 bits per heavy atom. The van der Waals surface area contributed by atoms with Crippen LogP contribution in [0.2, 0.25) is 0 Å². The van der Waals surface area contributed by atoms with Gasteiger partial charge in [0, 0.05) is 29.7 Å². The first kappa shape index (κ1) is 12.2. The highest BCUT2D eigenvalue weighted by molar-refractivity contribution is 7.15. The Labute approximate surface area is 112 Å². The highest BCUT2D eigenvalue weighted by Gasteiger charge is 2.29. The average Bonchev–Trinajstić information content (AvgIpc) is 2.85. The van der Waals surface area contributed by atoms with Crippen molar-refractivity contribution in [2.75, 3.05) is 6.54 Å². The number of imidazole rings is 1. The molecule has 98 valence electrons. The zero-order valence-electron chi connectivity index (χ0n) is 11.0. The number of fused-ring (bicyclic) bond motifs is 1. The van der Waals surface area contributed by atoms with Gasteiger partial charge in [-0.25, -0.2) is 4.98 Å². The van der Waals surface area contributed by atoms with E-state index in [2.05, 4.69) is 34.4 Å². The zero-order valence-corrected chi connectivity index (χ0v) is 11.8. The van der Waals surface area contributed by atoms with Crippen molar-refractivity contribution in [1.82, 2.24) is 14.7 Å². The predicted molar refractivity (Wildman–Crippen MR) is 76.3 cm³/mol. The molecule has 0 saturated carbocycles. The molecule has 0 amide bonds. The van der Waals surface area contributed by atoms with Crippen LogP contribution in [0.3, 0.4) is 0 Å². The molecule has 3 nitrogen and oxygen atoms in total. The van der Waals surface area contributed by atoms with Crippen LogP contribution in [-0.2, 0) is 6.42 Å². The lowest BCUT2D eigenvalue weighted by atomic mass is 9.86. The molecular formula is C14H21N3S. The molecule has 4 heteroatoms. The number of hydrogen-bond donors (Lipinski definition) is 1. The van der Waals surface area contributed by atoms with E-state index in [0.29, 0.717) is 0 Å². The quantitative estimate of drug-likeness (QED) is 0.921. The van der Waals surface area contributed by atoms with E-state index < -0.39 is 0 Å². The van der Waals surface area contributed by atoms with Crippen molar-refractivity contribution in [2.24, 2.45) is 0 Å². The third-order valence-electron chi connectivity index (χ3n) is 4.17. The molecule has 1 N–H and O–H groups in total. The van der Waals surface area contributed by atoms with Gasteiger partial charge in [-0.15, -0.1) is 11.3 Å². The predicted octanol–water partition coefficient (Wildman–Crippen LogP) is 3.25. The van der Waals surface area contributed by atoms with Gasteiger partial charge in [-0.2, -0.15) is 0 Å². The first-order valence-corrected chi connectivity index (χ1v) is 7.85. The van der Waals surface area contributed by atoms with Gasteiger partial charge in [-0.05, 0) is 25.8 Å². The van der Waals surface area contributed by atoms with Crippen LogP contribution in [0.25, 0.3) is 4.96 Å².